The number of nitrogens with zero attached hydrogens (tertiary/aromatic N) is 5. The van der Waals surface area contributed by atoms with Crippen LogP contribution in [0, 0.1) is 6.92 Å². The van der Waals surface area contributed by atoms with Crippen molar-refractivity contribution in [2.24, 2.45) is 7.05 Å². The van der Waals surface area contributed by atoms with Gasteiger partial charge in [0, 0.05) is 17.1 Å². The summed E-state index contributed by atoms with van der Waals surface area (Å²) in [6.45, 7) is 2.22. The number of aryl methyl sites for hydroxylation is 2. The Hall–Kier alpha value is -1.90. The predicted octanol–water partition coefficient (Wildman–Crippen LogP) is 3.69. The van der Waals surface area contributed by atoms with Crippen LogP contribution in [0.5, 0.6) is 0 Å². The maximum atomic E-state index is 12.4. The minimum atomic E-state index is -0.350. The average molecular weight is 444 g/mol. The molecule has 1 aromatic carbocycles. The van der Waals surface area contributed by atoms with Gasteiger partial charge < -0.3 is 0 Å². The topological polar surface area (TPSA) is 77.6 Å². The van der Waals surface area contributed by atoms with E-state index in [9.17, 15) is 4.79 Å². The monoisotopic (exact) mass is 442 g/mol. The van der Waals surface area contributed by atoms with Gasteiger partial charge in [0.1, 0.15) is 12.0 Å². The Kier molecular flexibility index (Phi) is 5.12. The van der Waals surface area contributed by atoms with Crippen LogP contribution in [0.3, 0.4) is 0 Å². The Morgan fingerprint density at radius 2 is 2.08 bits per heavy atom. The molecule has 130 valence electrons. The van der Waals surface area contributed by atoms with Crippen molar-refractivity contribution in [1.82, 2.24) is 24.5 Å². The van der Waals surface area contributed by atoms with Crippen LogP contribution in [0.25, 0.3) is 0 Å². The zero-order valence-corrected chi connectivity index (χ0v) is 16.4. The molecular formula is C15H13BrCl2N6O. The summed E-state index contributed by atoms with van der Waals surface area (Å²) in [4.78, 5) is 16.5. The maximum absolute atomic E-state index is 12.4. The third kappa shape index (κ3) is 3.86. The summed E-state index contributed by atoms with van der Waals surface area (Å²) < 4.78 is 3.72. The van der Waals surface area contributed by atoms with Crippen molar-refractivity contribution in [1.29, 1.82) is 0 Å². The van der Waals surface area contributed by atoms with E-state index in [1.807, 2.05) is 13.0 Å². The molecule has 3 rings (SSSR count). The number of aromatic nitrogens is 5. The van der Waals surface area contributed by atoms with E-state index in [2.05, 4.69) is 36.4 Å². The number of anilines is 1. The Morgan fingerprint density at radius 3 is 2.72 bits per heavy atom. The molecule has 0 fully saturated rings. The number of hydrogen-bond donors (Lipinski definition) is 1. The molecule has 0 aliphatic carbocycles. The van der Waals surface area contributed by atoms with Crippen LogP contribution in [0.1, 0.15) is 21.7 Å². The van der Waals surface area contributed by atoms with E-state index in [1.165, 1.54) is 11.0 Å². The van der Waals surface area contributed by atoms with Gasteiger partial charge >= 0.3 is 0 Å². The van der Waals surface area contributed by atoms with E-state index in [-0.39, 0.29) is 11.9 Å². The van der Waals surface area contributed by atoms with Crippen LogP contribution in [-0.2, 0) is 13.6 Å². The fourth-order valence-electron chi connectivity index (χ4n) is 2.29. The summed E-state index contributed by atoms with van der Waals surface area (Å²) in [5.74, 6) is -0.155. The zero-order chi connectivity index (χ0) is 18.1. The van der Waals surface area contributed by atoms with Gasteiger partial charge in [-0.05, 0) is 40.5 Å². The molecule has 0 radical (unpaired) electrons. The first-order valence-electron chi connectivity index (χ1n) is 7.19. The molecule has 0 spiro atoms. The first kappa shape index (κ1) is 17.9. The SMILES string of the molecule is Cc1nn(C)c(C(=O)Nc2ncn(Cc3ccc(Cl)cc3Cl)n2)c1Br. The van der Waals surface area contributed by atoms with Crippen molar-refractivity contribution < 1.29 is 4.79 Å². The minimum absolute atomic E-state index is 0.195. The van der Waals surface area contributed by atoms with Gasteiger partial charge in [-0.3, -0.25) is 14.8 Å². The molecule has 7 nitrogen and oxygen atoms in total. The second kappa shape index (κ2) is 7.15. The molecule has 1 N–H and O–H groups in total. The molecule has 0 atom stereocenters. The fraction of sp³-hybridized carbons (Fsp3) is 0.200. The van der Waals surface area contributed by atoms with E-state index >= 15 is 0 Å². The van der Waals surface area contributed by atoms with E-state index in [0.717, 1.165) is 11.3 Å². The first-order chi connectivity index (χ1) is 11.8. The lowest BCUT2D eigenvalue weighted by molar-refractivity contribution is 0.101. The maximum Gasteiger partial charge on any atom is 0.277 e. The summed E-state index contributed by atoms with van der Waals surface area (Å²) in [6.07, 6.45) is 1.52. The number of halogens is 3. The Bertz CT molecular complexity index is 952. The second-order valence-electron chi connectivity index (χ2n) is 5.33. The van der Waals surface area contributed by atoms with Crippen LogP contribution in [0.15, 0.2) is 29.0 Å². The lowest BCUT2D eigenvalue weighted by atomic mass is 10.2. The van der Waals surface area contributed by atoms with Gasteiger partial charge in [-0.2, -0.15) is 5.10 Å². The Balaban J connectivity index is 1.74. The van der Waals surface area contributed by atoms with Crippen molar-refractivity contribution in [2.75, 3.05) is 5.32 Å². The zero-order valence-electron chi connectivity index (χ0n) is 13.3. The number of nitrogens with one attached hydrogen (secondary N) is 1. The Labute approximate surface area is 162 Å². The summed E-state index contributed by atoms with van der Waals surface area (Å²) in [7, 11) is 1.70. The van der Waals surface area contributed by atoms with Gasteiger partial charge in [0.2, 0.25) is 5.95 Å². The van der Waals surface area contributed by atoms with Crippen molar-refractivity contribution >= 4 is 51.0 Å². The molecular weight excluding hydrogens is 431 g/mol. The molecule has 2 heterocycles. The average Bonchev–Trinajstić information content (AvgIpc) is 3.06. The molecule has 2 aromatic heterocycles. The van der Waals surface area contributed by atoms with E-state index in [0.29, 0.717) is 26.8 Å². The van der Waals surface area contributed by atoms with Crippen molar-refractivity contribution in [3.05, 3.63) is 56.0 Å². The molecule has 3 aromatic rings. The summed E-state index contributed by atoms with van der Waals surface area (Å²) in [6, 6.07) is 5.24. The van der Waals surface area contributed by atoms with E-state index < -0.39 is 0 Å². The number of rotatable bonds is 4. The lowest BCUT2D eigenvalue weighted by Gasteiger charge is -2.04. The standard InChI is InChI=1S/C15H13BrCl2N6O/c1-8-12(16)13(23(2)21-8)14(25)20-15-19-7-24(22-15)6-9-3-4-10(17)5-11(9)18/h3-5,7H,6H2,1-2H3,(H,20,22,25). The lowest BCUT2D eigenvalue weighted by Crippen LogP contribution is -2.17. The highest BCUT2D eigenvalue weighted by Gasteiger charge is 2.19. The highest BCUT2D eigenvalue weighted by Crippen LogP contribution is 2.22. The molecule has 1 amide bonds. The number of carbonyl (C=O) groups excluding carboxylic acids is 1. The molecule has 0 saturated carbocycles. The summed E-state index contributed by atoms with van der Waals surface area (Å²) >= 11 is 15.4. The number of hydrogen-bond acceptors (Lipinski definition) is 4. The van der Waals surface area contributed by atoms with E-state index in [1.54, 1.807) is 23.9 Å². The van der Waals surface area contributed by atoms with Crippen LogP contribution in [0.4, 0.5) is 5.95 Å². The van der Waals surface area contributed by atoms with Gasteiger partial charge in [-0.1, -0.05) is 29.3 Å². The van der Waals surface area contributed by atoms with Gasteiger partial charge in [0.05, 0.1) is 16.7 Å². The summed E-state index contributed by atoms with van der Waals surface area (Å²) in [5, 5.41) is 12.2. The van der Waals surface area contributed by atoms with Crippen molar-refractivity contribution in [2.45, 2.75) is 13.5 Å². The molecule has 0 saturated heterocycles. The largest absolute Gasteiger partial charge is 0.288 e. The number of amides is 1. The molecule has 0 aliphatic rings. The smallest absolute Gasteiger partial charge is 0.277 e. The quantitative estimate of drug-likeness (QED) is 0.666. The van der Waals surface area contributed by atoms with Crippen LogP contribution in [-0.4, -0.2) is 30.5 Å². The normalized spacial score (nSPS) is 10.9. The highest BCUT2D eigenvalue weighted by atomic mass is 79.9. The first-order valence-corrected chi connectivity index (χ1v) is 8.74. The highest BCUT2D eigenvalue weighted by molar-refractivity contribution is 9.10. The van der Waals surface area contributed by atoms with Gasteiger partial charge in [-0.15, -0.1) is 5.10 Å². The molecule has 10 heteroatoms. The van der Waals surface area contributed by atoms with Crippen molar-refractivity contribution in [3.63, 3.8) is 0 Å². The van der Waals surface area contributed by atoms with Gasteiger partial charge in [-0.25, -0.2) is 9.67 Å². The second-order valence-corrected chi connectivity index (χ2v) is 6.96. The van der Waals surface area contributed by atoms with Crippen LogP contribution in [0.2, 0.25) is 10.0 Å². The fourth-order valence-corrected chi connectivity index (χ4v) is 3.28. The molecule has 0 unspecified atom stereocenters. The van der Waals surface area contributed by atoms with Crippen LogP contribution < -0.4 is 5.32 Å². The minimum Gasteiger partial charge on any atom is -0.288 e. The third-order valence-corrected chi connectivity index (χ3v) is 5.01. The number of carbonyl (C=O) groups is 1. The van der Waals surface area contributed by atoms with E-state index in [4.69, 9.17) is 23.2 Å². The molecule has 0 aliphatic heterocycles. The van der Waals surface area contributed by atoms with Crippen LogP contribution >= 0.6 is 39.1 Å². The number of benzene rings is 1. The summed E-state index contributed by atoms with van der Waals surface area (Å²) in [5.41, 5.74) is 1.97. The molecule has 25 heavy (non-hydrogen) atoms. The third-order valence-electron chi connectivity index (χ3n) is 3.47. The Morgan fingerprint density at radius 1 is 1.32 bits per heavy atom. The van der Waals surface area contributed by atoms with Gasteiger partial charge in [0.15, 0.2) is 0 Å². The molecule has 0 bridgehead atoms. The van der Waals surface area contributed by atoms with Gasteiger partial charge in [0.25, 0.3) is 5.91 Å². The van der Waals surface area contributed by atoms with Crippen molar-refractivity contribution in [3.8, 4) is 0 Å². The predicted molar refractivity (Wildman–Crippen MR) is 99.2 cm³/mol.